The summed E-state index contributed by atoms with van der Waals surface area (Å²) in [5.41, 5.74) is 2.03. The van der Waals surface area contributed by atoms with Crippen LogP contribution >= 0.6 is 0 Å². The number of allylic oxidation sites excluding steroid dienone is 1. The highest BCUT2D eigenvalue weighted by Crippen LogP contribution is 2.39. The summed E-state index contributed by atoms with van der Waals surface area (Å²) in [6.07, 6.45) is 2.37. The van der Waals surface area contributed by atoms with Gasteiger partial charge in [0.15, 0.2) is 0 Å². The van der Waals surface area contributed by atoms with Crippen molar-refractivity contribution in [3.63, 3.8) is 0 Å². The molecule has 0 aliphatic carbocycles. The van der Waals surface area contributed by atoms with Crippen LogP contribution in [0.2, 0.25) is 0 Å². The fourth-order valence-corrected chi connectivity index (χ4v) is 4.08. The molecule has 0 bridgehead atoms. The molecule has 3 aromatic rings. The normalized spacial score (nSPS) is 17.1. The summed E-state index contributed by atoms with van der Waals surface area (Å²) < 4.78 is 1.13. The summed E-state index contributed by atoms with van der Waals surface area (Å²) >= 11 is 0. The average molecular weight is 366 g/mol. The van der Waals surface area contributed by atoms with E-state index in [-0.39, 0.29) is 18.0 Å². The highest BCUT2D eigenvalue weighted by Gasteiger charge is 2.35. The number of benzene rings is 1. The van der Waals surface area contributed by atoms with E-state index < -0.39 is 17.3 Å². The summed E-state index contributed by atoms with van der Waals surface area (Å²) in [5, 5.41) is 11.9. The molecule has 7 heteroatoms. The number of rotatable bonds is 4. The lowest BCUT2D eigenvalue weighted by molar-refractivity contribution is 0.214. The van der Waals surface area contributed by atoms with Gasteiger partial charge in [-0.05, 0) is 24.6 Å². The van der Waals surface area contributed by atoms with Gasteiger partial charge in [-0.3, -0.25) is 19.2 Å². The third kappa shape index (κ3) is 2.62. The predicted octanol–water partition coefficient (Wildman–Crippen LogP) is 1.88. The summed E-state index contributed by atoms with van der Waals surface area (Å²) in [5.74, 6) is -0.307. The van der Waals surface area contributed by atoms with Crippen LogP contribution in [-0.4, -0.2) is 37.6 Å². The number of hydrogen-bond donors (Lipinski definition) is 3. The van der Waals surface area contributed by atoms with E-state index in [1.54, 1.807) is 0 Å². The van der Waals surface area contributed by atoms with Gasteiger partial charge in [0.2, 0.25) is 5.88 Å². The lowest BCUT2D eigenvalue weighted by Crippen LogP contribution is -2.41. The zero-order valence-corrected chi connectivity index (χ0v) is 15.2. The third-order valence-electron chi connectivity index (χ3n) is 5.33. The highest BCUT2D eigenvalue weighted by atomic mass is 16.3. The zero-order valence-electron chi connectivity index (χ0n) is 15.2. The molecule has 0 spiro atoms. The van der Waals surface area contributed by atoms with Crippen LogP contribution in [0.15, 0.2) is 46.5 Å². The Morgan fingerprint density at radius 2 is 2.07 bits per heavy atom. The first-order valence-electron chi connectivity index (χ1n) is 9.07. The molecule has 3 heterocycles. The number of aromatic hydroxyl groups is 1. The van der Waals surface area contributed by atoms with Gasteiger partial charge in [0.1, 0.15) is 5.56 Å². The molecule has 3 N–H and O–H groups in total. The SMILES string of the molecule is C=CCn1c(O)c(C2c3[nH]c4ccccc4c3CCN2CC)c(=O)[nH]c1=O. The summed E-state index contributed by atoms with van der Waals surface area (Å²) in [6, 6.07) is 7.57. The molecule has 0 radical (unpaired) electrons. The molecule has 4 rings (SSSR count). The Kier molecular flexibility index (Phi) is 4.24. The second-order valence-corrected chi connectivity index (χ2v) is 6.74. The molecule has 1 aliphatic heterocycles. The molecular weight excluding hydrogens is 344 g/mol. The summed E-state index contributed by atoms with van der Waals surface area (Å²) in [7, 11) is 0. The van der Waals surface area contributed by atoms with E-state index in [4.69, 9.17) is 0 Å². The van der Waals surface area contributed by atoms with Gasteiger partial charge >= 0.3 is 5.69 Å². The minimum atomic E-state index is -0.642. The van der Waals surface area contributed by atoms with E-state index in [1.807, 2.05) is 25.1 Å². The second kappa shape index (κ2) is 6.59. The largest absolute Gasteiger partial charge is 0.494 e. The third-order valence-corrected chi connectivity index (χ3v) is 5.33. The van der Waals surface area contributed by atoms with Crippen molar-refractivity contribution >= 4 is 10.9 Å². The van der Waals surface area contributed by atoms with Crippen LogP contribution < -0.4 is 11.2 Å². The van der Waals surface area contributed by atoms with Crippen molar-refractivity contribution in [2.45, 2.75) is 25.9 Å². The Hall–Kier alpha value is -3.06. The van der Waals surface area contributed by atoms with Gasteiger partial charge in [0.25, 0.3) is 5.56 Å². The number of likely N-dealkylation sites (N-methyl/N-ethyl adjacent to an activating group) is 1. The van der Waals surface area contributed by atoms with Gasteiger partial charge in [-0.15, -0.1) is 6.58 Å². The molecule has 0 amide bonds. The van der Waals surface area contributed by atoms with E-state index in [0.717, 1.165) is 39.7 Å². The molecule has 27 heavy (non-hydrogen) atoms. The van der Waals surface area contributed by atoms with Crippen LogP contribution in [0.4, 0.5) is 0 Å². The lowest BCUT2D eigenvalue weighted by Gasteiger charge is -2.35. The van der Waals surface area contributed by atoms with Crippen LogP contribution in [0.25, 0.3) is 10.9 Å². The molecule has 1 aliphatic rings. The predicted molar refractivity (Wildman–Crippen MR) is 104 cm³/mol. The van der Waals surface area contributed by atoms with Crippen molar-refractivity contribution in [2.24, 2.45) is 0 Å². The average Bonchev–Trinajstić information content (AvgIpc) is 3.04. The van der Waals surface area contributed by atoms with Crippen molar-refractivity contribution in [2.75, 3.05) is 13.1 Å². The summed E-state index contributed by atoms with van der Waals surface area (Å²) in [4.78, 5) is 32.7. The molecule has 1 aromatic carbocycles. The molecule has 0 fully saturated rings. The van der Waals surface area contributed by atoms with Gasteiger partial charge in [0, 0.05) is 29.7 Å². The topological polar surface area (TPSA) is 94.1 Å². The fourth-order valence-electron chi connectivity index (χ4n) is 4.08. The Bertz CT molecular complexity index is 1140. The van der Waals surface area contributed by atoms with Crippen LogP contribution in [0, 0.1) is 0 Å². The van der Waals surface area contributed by atoms with Crippen molar-refractivity contribution in [3.8, 4) is 5.88 Å². The maximum Gasteiger partial charge on any atom is 0.331 e. The smallest absolute Gasteiger partial charge is 0.331 e. The number of fused-ring (bicyclic) bond motifs is 3. The van der Waals surface area contributed by atoms with E-state index in [2.05, 4.69) is 27.5 Å². The molecule has 2 aromatic heterocycles. The number of nitrogens with zero attached hydrogens (tertiary/aromatic N) is 2. The van der Waals surface area contributed by atoms with Crippen molar-refractivity contribution in [1.29, 1.82) is 0 Å². The molecular formula is C20H22N4O3. The Balaban J connectivity index is 2.01. The van der Waals surface area contributed by atoms with Gasteiger partial charge in [-0.25, -0.2) is 4.79 Å². The van der Waals surface area contributed by atoms with Crippen LogP contribution in [-0.2, 0) is 13.0 Å². The minimum absolute atomic E-state index is 0.118. The lowest BCUT2D eigenvalue weighted by atomic mass is 9.93. The molecule has 1 atom stereocenters. The van der Waals surface area contributed by atoms with E-state index >= 15 is 0 Å². The molecule has 140 valence electrons. The van der Waals surface area contributed by atoms with Crippen molar-refractivity contribution in [1.82, 2.24) is 19.4 Å². The number of aromatic nitrogens is 3. The zero-order chi connectivity index (χ0) is 19.1. The monoisotopic (exact) mass is 366 g/mol. The summed E-state index contributed by atoms with van der Waals surface area (Å²) in [6.45, 7) is 7.22. The van der Waals surface area contributed by atoms with Crippen molar-refractivity contribution in [3.05, 3.63) is 74.6 Å². The molecule has 7 nitrogen and oxygen atoms in total. The Labute approximate surface area is 155 Å². The van der Waals surface area contributed by atoms with Gasteiger partial charge in [-0.2, -0.15) is 0 Å². The molecule has 0 saturated heterocycles. The van der Waals surface area contributed by atoms with Gasteiger partial charge in [0.05, 0.1) is 6.04 Å². The quantitative estimate of drug-likeness (QED) is 0.615. The van der Waals surface area contributed by atoms with Crippen molar-refractivity contribution < 1.29 is 5.11 Å². The van der Waals surface area contributed by atoms with E-state index in [1.165, 1.54) is 6.08 Å². The minimum Gasteiger partial charge on any atom is -0.494 e. The maximum absolute atomic E-state index is 12.7. The molecule has 0 saturated carbocycles. The Morgan fingerprint density at radius 1 is 1.30 bits per heavy atom. The van der Waals surface area contributed by atoms with E-state index in [0.29, 0.717) is 6.54 Å². The van der Waals surface area contributed by atoms with E-state index in [9.17, 15) is 14.7 Å². The van der Waals surface area contributed by atoms with Crippen LogP contribution in [0.1, 0.15) is 29.8 Å². The number of para-hydroxylation sites is 1. The van der Waals surface area contributed by atoms with Crippen LogP contribution in [0.3, 0.4) is 0 Å². The highest BCUT2D eigenvalue weighted by molar-refractivity contribution is 5.85. The Morgan fingerprint density at radius 3 is 2.81 bits per heavy atom. The fraction of sp³-hybridized carbons (Fsp3) is 0.300. The van der Waals surface area contributed by atoms with Gasteiger partial charge in [-0.1, -0.05) is 31.2 Å². The standard InChI is InChI=1S/C20H22N4O3/c1-3-10-24-19(26)15(18(25)22-20(24)27)17-16-13(9-11-23(17)4-2)12-7-5-6-8-14(12)21-16/h3,5-8,17,21,26H,1,4,9-11H2,2H3,(H,22,25,27). The second-order valence-electron chi connectivity index (χ2n) is 6.74. The first kappa shape index (κ1) is 17.4. The number of hydrogen-bond acceptors (Lipinski definition) is 4. The maximum atomic E-state index is 12.7. The number of aromatic amines is 2. The van der Waals surface area contributed by atoms with Gasteiger partial charge < -0.3 is 10.1 Å². The number of nitrogens with one attached hydrogen (secondary N) is 2. The first-order valence-corrected chi connectivity index (χ1v) is 9.07. The number of H-pyrrole nitrogens is 2. The first-order chi connectivity index (χ1) is 13.1. The van der Waals surface area contributed by atoms with Crippen LogP contribution in [0.5, 0.6) is 5.88 Å². The molecule has 1 unspecified atom stereocenters.